The molecule has 3 N–H and O–H groups in total. The lowest BCUT2D eigenvalue weighted by Crippen LogP contribution is -2.44. The van der Waals surface area contributed by atoms with Crippen molar-refractivity contribution in [2.24, 2.45) is 4.99 Å². The average Bonchev–Trinajstić information content (AvgIpc) is 3.12. The van der Waals surface area contributed by atoms with E-state index < -0.39 is 6.10 Å². The summed E-state index contributed by atoms with van der Waals surface area (Å²) in [6, 6.07) is 7.25. The summed E-state index contributed by atoms with van der Waals surface area (Å²) in [6.45, 7) is 7.08. The second kappa shape index (κ2) is 10.6. The Morgan fingerprint density at radius 2 is 2.20 bits per heavy atom. The number of aliphatic hydroxyl groups is 1. The first-order chi connectivity index (χ1) is 12.1. The van der Waals surface area contributed by atoms with Crippen LogP contribution in [-0.4, -0.2) is 56.1 Å². The van der Waals surface area contributed by atoms with E-state index in [9.17, 15) is 5.11 Å². The second-order valence-corrected chi connectivity index (χ2v) is 6.59. The van der Waals surface area contributed by atoms with Gasteiger partial charge in [-0.3, -0.25) is 4.99 Å². The molecule has 1 fully saturated rings. The number of benzene rings is 1. The molecule has 0 radical (unpaired) electrons. The zero-order chi connectivity index (χ0) is 18.1. The number of hydrogen-bond acceptors (Lipinski definition) is 4. The zero-order valence-electron chi connectivity index (χ0n) is 14.9. The first kappa shape index (κ1) is 20.0. The van der Waals surface area contributed by atoms with Crippen LogP contribution in [0.5, 0.6) is 0 Å². The predicted octanol–water partition coefficient (Wildman–Crippen LogP) is 2.12. The van der Waals surface area contributed by atoms with Crippen molar-refractivity contribution in [3.63, 3.8) is 0 Å². The summed E-state index contributed by atoms with van der Waals surface area (Å²) in [7, 11) is 0. The molecule has 1 saturated heterocycles. The number of guanidine groups is 1. The highest BCUT2D eigenvalue weighted by molar-refractivity contribution is 6.30. The maximum atomic E-state index is 10.3. The van der Waals surface area contributed by atoms with E-state index in [1.165, 1.54) is 0 Å². The molecule has 1 aromatic rings. The molecule has 0 amide bonds. The Balaban J connectivity index is 1.82. The molecule has 0 bridgehead atoms. The summed E-state index contributed by atoms with van der Waals surface area (Å²) in [5.74, 6) is 0.661. The Labute approximate surface area is 154 Å². The van der Waals surface area contributed by atoms with E-state index in [0.29, 0.717) is 24.2 Å². The van der Waals surface area contributed by atoms with Gasteiger partial charge in [0.05, 0.1) is 32.0 Å². The van der Waals surface area contributed by atoms with Crippen molar-refractivity contribution >= 4 is 17.6 Å². The summed E-state index contributed by atoms with van der Waals surface area (Å²) >= 11 is 5.87. The van der Waals surface area contributed by atoms with E-state index in [4.69, 9.17) is 21.1 Å². The number of nitrogens with zero attached hydrogens (tertiary/aromatic N) is 1. The Hall–Kier alpha value is -1.34. The minimum absolute atomic E-state index is 0.103. The highest BCUT2D eigenvalue weighted by atomic mass is 35.5. The van der Waals surface area contributed by atoms with E-state index >= 15 is 0 Å². The van der Waals surface area contributed by atoms with Gasteiger partial charge in [-0.2, -0.15) is 0 Å². The summed E-state index contributed by atoms with van der Waals surface area (Å²) < 4.78 is 11.1. The van der Waals surface area contributed by atoms with Crippen molar-refractivity contribution in [1.29, 1.82) is 0 Å². The number of hydrogen-bond donors (Lipinski definition) is 3. The highest BCUT2D eigenvalue weighted by Gasteiger charge is 2.17. The third-order valence-corrected chi connectivity index (χ3v) is 4.13. The van der Waals surface area contributed by atoms with Crippen molar-refractivity contribution in [2.45, 2.75) is 38.5 Å². The van der Waals surface area contributed by atoms with E-state index in [1.54, 1.807) is 12.1 Å². The number of rotatable bonds is 8. The molecular weight excluding hydrogens is 342 g/mol. The molecule has 0 aromatic heterocycles. The average molecular weight is 370 g/mol. The van der Waals surface area contributed by atoms with Gasteiger partial charge >= 0.3 is 0 Å². The second-order valence-electron chi connectivity index (χ2n) is 6.15. The largest absolute Gasteiger partial charge is 0.386 e. The molecule has 2 rings (SSSR count). The van der Waals surface area contributed by atoms with Gasteiger partial charge in [-0.05, 0) is 38.0 Å². The predicted molar refractivity (Wildman–Crippen MR) is 100 cm³/mol. The Bertz CT molecular complexity index is 533. The summed E-state index contributed by atoms with van der Waals surface area (Å²) in [4.78, 5) is 4.46. The third-order valence-electron chi connectivity index (χ3n) is 3.87. The Morgan fingerprint density at radius 1 is 1.44 bits per heavy atom. The van der Waals surface area contributed by atoms with Gasteiger partial charge in [0.15, 0.2) is 5.96 Å². The van der Waals surface area contributed by atoms with E-state index in [2.05, 4.69) is 15.6 Å². The van der Waals surface area contributed by atoms with Gasteiger partial charge in [-0.25, -0.2) is 0 Å². The monoisotopic (exact) mass is 369 g/mol. The first-order valence-corrected chi connectivity index (χ1v) is 9.14. The van der Waals surface area contributed by atoms with Crippen LogP contribution in [0.25, 0.3) is 0 Å². The fourth-order valence-electron chi connectivity index (χ4n) is 2.49. The lowest BCUT2D eigenvalue weighted by atomic mass is 10.1. The summed E-state index contributed by atoms with van der Waals surface area (Å²) in [5.41, 5.74) is 0.793. The van der Waals surface area contributed by atoms with Gasteiger partial charge in [-0.1, -0.05) is 23.7 Å². The molecule has 0 spiro atoms. The van der Waals surface area contributed by atoms with Crippen LogP contribution in [0.1, 0.15) is 31.9 Å². The van der Waals surface area contributed by atoms with Crippen LogP contribution in [0.4, 0.5) is 0 Å². The standard InChI is InChI=1S/C18H28ClN3O3/c1-3-20-18(22-13(2)11-25-16-8-9-24-12-16)21-10-17(23)14-4-6-15(19)7-5-14/h4-7,13,16-17,23H,3,8-12H2,1-2H3,(H2,20,21,22). The van der Waals surface area contributed by atoms with Crippen LogP contribution in [0.3, 0.4) is 0 Å². The van der Waals surface area contributed by atoms with Crippen LogP contribution in [0, 0.1) is 0 Å². The fraction of sp³-hybridized carbons (Fsp3) is 0.611. The number of ether oxygens (including phenoxy) is 2. The van der Waals surface area contributed by atoms with Crippen molar-refractivity contribution < 1.29 is 14.6 Å². The summed E-state index contributed by atoms with van der Waals surface area (Å²) in [5, 5.41) is 17.4. The van der Waals surface area contributed by atoms with Crippen molar-refractivity contribution in [3.8, 4) is 0 Å². The van der Waals surface area contributed by atoms with Crippen LogP contribution in [0.2, 0.25) is 5.02 Å². The zero-order valence-corrected chi connectivity index (χ0v) is 15.6. The molecule has 7 heteroatoms. The fourth-order valence-corrected chi connectivity index (χ4v) is 2.61. The molecule has 1 aliphatic rings. The van der Waals surface area contributed by atoms with Crippen LogP contribution in [0.15, 0.2) is 29.3 Å². The minimum Gasteiger partial charge on any atom is -0.386 e. The van der Waals surface area contributed by atoms with E-state index in [-0.39, 0.29) is 18.7 Å². The van der Waals surface area contributed by atoms with Crippen LogP contribution >= 0.6 is 11.6 Å². The molecule has 1 aromatic carbocycles. The number of nitrogens with one attached hydrogen (secondary N) is 2. The molecule has 140 valence electrons. The van der Waals surface area contributed by atoms with Crippen LogP contribution < -0.4 is 10.6 Å². The molecule has 1 heterocycles. The normalized spacial score (nSPS) is 20.3. The maximum Gasteiger partial charge on any atom is 0.191 e. The van der Waals surface area contributed by atoms with Gasteiger partial charge in [0, 0.05) is 24.2 Å². The molecule has 3 unspecified atom stereocenters. The smallest absolute Gasteiger partial charge is 0.191 e. The molecule has 0 saturated carbocycles. The SMILES string of the molecule is CCNC(=NCC(O)c1ccc(Cl)cc1)NC(C)COC1CCOC1. The lowest BCUT2D eigenvalue weighted by molar-refractivity contribution is 0.0347. The molecule has 0 aliphatic carbocycles. The first-order valence-electron chi connectivity index (χ1n) is 8.76. The van der Waals surface area contributed by atoms with Gasteiger partial charge in [0.2, 0.25) is 0 Å². The molecule has 6 nitrogen and oxygen atoms in total. The van der Waals surface area contributed by atoms with Gasteiger partial charge < -0.3 is 25.2 Å². The van der Waals surface area contributed by atoms with Crippen molar-refractivity contribution in [1.82, 2.24) is 10.6 Å². The number of aliphatic imine (C=N–C) groups is 1. The Morgan fingerprint density at radius 3 is 2.84 bits per heavy atom. The minimum atomic E-state index is -0.671. The number of halogens is 1. The van der Waals surface area contributed by atoms with Crippen molar-refractivity contribution in [2.75, 3.05) is 32.9 Å². The Kier molecular flexibility index (Phi) is 8.48. The molecule has 1 aliphatic heterocycles. The van der Waals surface area contributed by atoms with Gasteiger partial charge in [0.1, 0.15) is 0 Å². The van der Waals surface area contributed by atoms with E-state index in [1.807, 2.05) is 26.0 Å². The quantitative estimate of drug-likeness (QED) is 0.483. The van der Waals surface area contributed by atoms with Crippen molar-refractivity contribution in [3.05, 3.63) is 34.9 Å². The molecular formula is C18H28ClN3O3. The molecule has 25 heavy (non-hydrogen) atoms. The third kappa shape index (κ3) is 7.20. The lowest BCUT2D eigenvalue weighted by Gasteiger charge is -2.20. The van der Waals surface area contributed by atoms with Gasteiger partial charge in [0.25, 0.3) is 0 Å². The number of aliphatic hydroxyl groups excluding tert-OH is 1. The molecule has 3 atom stereocenters. The topological polar surface area (TPSA) is 75.1 Å². The van der Waals surface area contributed by atoms with Gasteiger partial charge in [-0.15, -0.1) is 0 Å². The summed E-state index contributed by atoms with van der Waals surface area (Å²) in [6.07, 6.45) is 0.471. The highest BCUT2D eigenvalue weighted by Crippen LogP contribution is 2.16. The van der Waals surface area contributed by atoms with E-state index in [0.717, 1.165) is 25.1 Å². The van der Waals surface area contributed by atoms with Crippen LogP contribution in [-0.2, 0) is 9.47 Å². The maximum absolute atomic E-state index is 10.3.